The first-order chi connectivity index (χ1) is 30.9. The second-order valence-corrected chi connectivity index (χ2v) is 13.9. The molecule has 19 nitrogen and oxygen atoms in total. The van der Waals surface area contributed by atoms with Gasteiger partial charge in [-0.15, -0.1) is 11.6 Å². The van der Waals surface area contributed by atoms with Crippen LogP contribution in [-0.4, -0.2) is 112 Å². The van der Waals surface area contributed by atoms with Crippen LogP contribution in [0.25, 0.3) is 0 Å². The Bertz CT molecular complexity index is 1980. The summed E-state index contributed by atoms with van der Waals surface area (Å²) in [6, 6.07) is 0. The Labute approximate surface area is 388 Å². The van der Waals surface area contributed by atoms with E-state index in [1.165, 1.54) is 37.3 Å². The van der Waals surface area contributed by atoms with Crippen LogP contribution in [0.1, 0.15) is 53.9 Å². The molecule has 0 radical (unpaired) electrons. The van der Waals surface area contributed by atoms with E-state index in [4.69, 9.17) is 35.3 Å². The number of alkyl halides is 1. The van der Waals surface area contributed by atoms with Crippen LogP contribution in [0.4, 0.5) is 0 Å². The number of ether oxygens (including phenoxy) is 10. The van der Waals surface area contributed by atoms with Gasteiger partial charge >= 0.3 is 53.7 Å². The predicted octanol–water partition coefficient (Wildman–Crippen LogP) is 5.24. The average Bonchev–Trinajstić information content (AvgIpc) is 4.16. The molecule has 0 N–H and O–H groups in total. The molecule has 354 valence electrons. The van der Waals surface area contributed by atoms with Crippen molar-refractivity contribution < 1.29 is 90.5 Å². The highest BCUT2D eigenvalue weighted by molar-refractivity contribution is 9.12. The zero-order valence-electron chi connectivity index (χ0n) is 36.4. The maximum Gasteiger partial charge on any atom is 0.337 e. The molecular formula is C44H50BrClO19. The summed E-state index contributed by atoms with van der Waals surface area (Å²) in [4.78, 5) is 94.8. The minimum Gasteiger partial charge on any atom is -0.490 e. The first kappa shape index (κ1) is 56.5. The van der Waals surface area contributed by atoms with Gasteiger partial charge in [0.25, 0.3) is 0 Å². The van der Waals surface area contributed by atoms with Crippen LogP contribution in [-0.2, 0) is 90.5 Å². The summed E-state index contributed by atoms with van der Waals surface area (Å²) < 4.78 is 47.9. The summed E-state index contributed by atoms with van der Waals surface area (Å²) in [5.74, 6) is -1.24. The van der Waals surface area contributed by atoms with Crippen LogP contribution in [0, 0.1) is 0 Å². The second kappa shape index (κ2) is 32.2. The van der Waals surface area contributed by atoms with Crippen molar-refractivity contribution in [2.24, 2.45) is 0 Å². The third kappa shape index (κ3) is 26.6. The van der Waals surface area contributed by atoms with Crippen LogP contribution in [0.2, 0.25) is 0 Å². The fraction of sp³-hybridized carbons (Fsp3) is 0.386. The monoisotopic (exact) mass is 996 g/mol. The van der Waals surface area contributed by atoms with Gasteiger partial charge in [-0.05, 0) is 60.5 Å². The number of rotatable bonds is 12. The fourth-order valence-corrected chi connectivity index (χ4v) is 4.82. The number of halogens is 2. The van der Waals surface area contributed by atoms with E-state index >= 15 is 0 Å². The van der Waals surface area contributed by atoms with Crippen molar-refractivity contribution in [2.45, 2.75) is 53.9 Å². The van der Waals surface area contributed by atoms with E-state index in [2.05, 4.69) is 46.2 Å². The molecule has 0 bridgehead atoms. The highest BCUT2D eigenvalue weighted by atomic mass is 79.9. The standard InChI is InChI=1S/C9H12O4.C8H9ClO3.C8H10O4.C7H8O4.C6H5BrO2.C6H6O2/c1-2-3-8(10)12-5-7-4-9(11)13-6-7;1-6-2-7(4-11-6)5-12-8(10)3-9;1-2-7(9)11-4-6-3-8(10)12-5-6;1-5(8)10-3-6-2-7(9)11-4-6;1-2-5-4(7)3-6(8)9-5;1-2-5-3-4-6(7)8-5/h4H,2-3,5-6H2,1H3;2H,1,3-5H2;3H,2,4-5H2,1H3;2H,3-4H2,1H3;2-3H,1H3;2-4H,1H3/b;;;;2*5-2-. The largest absolute Gasteiger partial charge is 0.490 e. The van der Waals surface area contributed by atoms with Crippen molar-refractivity contribution in [1.29, 1.82) is 0 Å². The topological polar surface area (TPSA) is 246 Å². The van der Waals surface area contributed by atoms with Crippen molar-refractivity contribution in [1.82, 2.24) is 0 Å². The van der Waals surface area contributed by atoms with Gasteiger partial charge in [0.1, 0.15) is 76.0 Å². The summed E-state index contributed by atoms with van der Waals surface area (Å²) in [5.41, 5.74) is 3.03. The van der Waals surface area contributed by atoms with Crippen molar-refractivity contribution in [3.05, 3.63) is 105 Å². The molecule has 65 heavy (non-hydrogen) atoms. The summed E-state index contributed by atoms with van der Waals surface area (Å²) >= 11 is 8.38. The number of allylic oxidation sites excluding steroid dienone is 5. The molecule has 6 rings (SSSR count). The maximum absolute atomic E-state index is 10.9. The van der Waals surface area contributed by atoms with E-state index in [1.807, 2.05) is 20.8 Å². The van der Waals surface area contributed by atoms with Crippen molar-refractivity contribution in [3.63, 3.8) is 0 Å². The van der Waals surface area contributed by atoms with E-state index in [0.717, 1.165) is 22.0 Å². The molecular weight excluding hydrogens is 948 g/mol. The number of carbonyl (C=O) groups is 9. The maximum atomic E-state index is 10.9. The van der Waals surface area contributed by atoms with Crippen molar-refractivity contribution in [2.75, 3.05) is 58.7 Å². The van der Waals surface area contributed by atoms with E-state index in [9.17, 15) is 43.2 Å². The third-order valence-electron chi connectivity index (χ3n) is 7.38. The molecule has 0 aromatic carbocycles. The molecule has 0 atom stereocenters. The van der Waals surface area contributed by atoms with Gasteiger partial charge in [-0.25, -0.2) is 24.0 Å². The van der Waals surface area contributed by atoms with E-state index in [0.29, 0.717) is 47.9 Å². The lowest BCUT2D eigenvalue weighted by molar-refractivity contribution is -0.143. The molecule has 21 heteroatoms. The van der Waals surface area contributed by atoms with Gasteiger partial charge in [-0.1, -0.05) is 20.4 Å². The minimum atomic E-state index is -0.421. The second-order valence-electron chi connectivity index (χ2n) is 12.8. The third-order valence-corrected chi connectivity index (χ3v) is 8.22. The highest BCUT2D eigenvalue weighted by Crippen LogP contribution is 2.24. The molecule has 0 aromatic rings. The number of hydrogen-bond acceptors (Lipinski definition) is 19. The SMILES string of the molecule is C/C=C1/C=CC(=O)O1.C/C=C1\OC(=O)C=C1Br.C=C1C=C(COC(=O)CCl)CO1.CC(=O)OCC1=CC(=O)OC1.CCC(=O)OCC1=CC(=O)OC1.CCCC(=O)OCC1=CC(=O)OC1. The molecule has 6 aliphatic rings. The lowest BCUT2D eigenvalue weighted by atomic mass is 10.3. The molecule has 0 aliphatic carbocycles. The molecule has 0 amide bonds. The van der Waals surface area contributed by atoms with E-state index in [1.54, 1.807) is 31.2 Å². The van der Waals surface area contributed by atoms with Gasteiger partial charge in [0.2, 0.25) is 0 Å². The van der Waals surface area contributed by atoms with Crippen LogP contribution in [0.5, 0.6) is 0 Å². The average molecular weight is 998 g/mol. The molecule has 0 fully saturated rings. The zero-order valence-corrected chi connectivity index (χ0v) is 38.7. The summed E-state index contributed by atoms with van der Waals surface area (Å²) in [6.07, 6.45) is 15.2. The number of hydrogen-bond donors (Lipinski definition) is 0. The van der Waals surface area contributed by atoms with Crippen LogP contribution >= 0.6 is 27.5 Å². The molecule has 0 saturated heterocycles. The zero-order chi connectivity index (χ0) is 48.7. The Morgan fingerprint density at radius 1 is 0.631 bits per heavy atom. The Balaban J connectivity index is 0.000000392. The number of esters is 9. The van der Waals surface area contributed by atoms with Crippen LogP contribution in [0.3, 0.4) is 0 Å². The van der Waals surface area contributed by atoms with Crippen LogP contribution < -0.4 is 0 Å². The van der Waals surface area contributed by atoms with Gasteiger partial charge in [0.05, 0.1) is 4.48 Å². The van der Waals surface area contributed by atoms with Gasteiger partial charge < -0.3 is 47.4 Å². The minimum absolute atomic E-state index is 0.116. The molecule has 0 spiro atoms. The molecule has 0 aromatic heterocycles. The van der Waals surface area contributed by atoms with Crippen molar-refractivity contribution in [3.8, 4) is 0 Å². The van der Waals surface area contributed by atoms with Gasteiger partial charge in [-0.3, -0.25) is 19.2 Å². The van der Waals surface area contributed by atoms with Gasteiger partial charge in [0, 0.05) is 72.4 Å². The Morgan fingerprint density at radius 3 is 1.42 bits per heavy atom. The Hall–Kier alpha value is -6.54. The predicted molar refractivity (Wildman–Crippen MR) is 232 cm³/mol. The summed E-state index contributed by atoms with van der Waals surface area (Å²) in [6.45, 7) is 14.1. The van der Waals surface area contributed by atoms with Crippen molar-refractivity contribution >= 4 is 81.3 Å². The highest BCUT2D eigenvalue weighted by Gasteiger charge is 2.17. The molecule has 6 aliphatic heterocycles. The first-order valence-corrected chi connectivity index (χ1v) is 20.8. The summed E-state index contributed by atoms with van der Waals surface area (Å²) in [5, 5.41) is 0. The first-order valence-electron chi connectivity index (χ1n) is 19.5. The number of carbonyl (C=O) groups excluding carboxylic acids is 9. The summed E-state index contributed by atoms with van der Waals surface area (Å²) in [7, 11) is 0. The van der Waals surface area contributed by atoms with E-state index < -0.39 is 5.97 Å². The smallest absolute Gasteiger partial charge is 0.337 e. The molecule has 0 unspecified atom stereocenters. The lowest BCUT2D eigenvalue weighted by Crippen LogP contribution is -2.09. The Kier molecular flexibility index (Phi) is 27.9. The van der Waals surface area contributed by atoms with E-state index in [-0.39, 0.29) is 99.9 Å². The molecule has 6 heterocycles. The normalized spacial score (nSPS) is 17.2. The molecule has 0 saturated carbocycles. The van der Waals surface area contributed by atoms with Gasteiger partial charge in [0.15, 0.2) is 0 Å². The number of cyclic esters (lactones) is 5. The van der Waals surface area contributed by atoms with Gasteiger partial charge in [-0.2, -0.15) is 0 Å². The fourth-order valence-electron chi connectivity index (χ4n) is 4.25. The quantitative estimate of drug-likeness (QED) is 0.138. The van der Waals surface area contributed by atoms with Crippen LogP contribution in [0.15, 0.2) is 105 Å². The lowest BCUT2D eigenvalue weighted by Gasteiger charge is -2.02. The Morgan fingerprint density at radius 2 is 1.11 bits per heavy atom.